The van der Waals surface area contributed by atoms with E-state index in [0.717, 1.165) is 0 Å². The van der Waals surface area contributed by atoms with Crippen LogP contribution in [0.2, 0.25) is 0 Å². The van der Waals surface area contributed by atoms with E-state index in [1.807, 2.05) is 0 Å². The summed E-state index contributed by atoms with van der Waals surface area (Å²) < 4.78 is 0. The first-order valence-corrected chi connectivity index (χ1v) is 4.06. The maximum absolute atomic E-state index is 11.1. The highest BCUT2D eigenvalue weighted by Crippen LogP contribution is 1.85. The Morgan fingerprint density at radius 2 is 1.86 bits per heavy atom. The Labute approximate surface area is 81.3 Å². The number of hydrogen-bond acceptors (Lipinski definition) is 5. The predicted molar refractivity (Wildman–Crippen MR) is 48.1 cm³/mol. The van der Waals surface area contributed by atoms with E-state index in [0.29, 0.717) is 0 Å². The van der Waals surface area contributed by atoms with Crippen LogP contribution in [-0.4, -0.2) is 54.4 Å². The summed E-state index contributed by atoms with van der Waals surface area (Å²) in [6.07, 6.45) is 0. The predicted octanol–water partition coefficient (Wildman–Crippen LogP) is -3.47. The molecule has 2 amide bonds. The van der Waals surface area contributed by atoms with Crippen LogP contribution in [0.1, 0.15) is 0 Å². The van der Waals surface area contributed by atoms with Crippen molar-refractivity contribution in [3.05, 3.63) is 0 Å². The molecule has 0 aliphatic carbocycles. The molecule has 7 heteroatoms. The Kier molecular flexibility index (Phi) is 5.77. The summed E-state index contributed by atoms with van der Waals surface area (Å²) >= 11 is 0. The molecule has 0 radical (unpaired) electrons. The highest BCUT2D eigenvalue weighted by molar-refractivity contribution is 5.89. The third kappa shape index (κ3) is 3.69. The molecule has 0 bridgehead atoms. The quantitative estimate of drug-likeness (QED) is 0.319. The molecule has 0 aliphatic rings. The molecule has 14 heavy (non-hydrogen) atoms. The number of aliphatic hydroxyl groups excluding tert-OH is 2. The number of nitrogens with one attached hydrogen (secondary N) is 2. The van der Waals surface area contributed by atoms with Crippen molar-refractivity contribution in [3.8, 4) is 0 Å². The van der Waals surface area contributed by atoms with Gasteiger partial charge >= 0.3 is 0 Å². The molecule has 82 valence electrons. The first-order valence-electron chi connectivity index (χ1n) is 4.06. The van der Waals surface area contributed by atoms with Gasteiger partial charge in [-0.25, -0.2) is 0 Å². The fraction of sp³-hybridized carbons (Fsp3) is 0.714. The van der Waals surface area contributed by atoms with Crippen molar-refractivity contribution in [2.75, 3.05) is 20.3 Å². The van der Waals surface area contributed by atoms with Gasteiger partial charge in [-0.2, -0.15) is 0 Å². The van der Waals surface area contributed by atoms with Gasteiger partial charge < -0.3 is 26.6 Å². The van der Waals surface area contributed by atoms with Gasteiger partial charge in [0, 0.05) is 7.05 Å². The van der Waals surface area contributed by atoms with Crippen LogP contribution in [0.3, 0.4) is 0 Å². The summed E-state index contributed by atoms with van der Waals surface area (Å²) in [5, 5.41) is 21.7. The zero-order valence-electron chi connectivity index (χ0n) is 7.86. The molecule has 6 N–H and O–H groups in total. The van der Waals surface area contributed by atoms with Gasteiger partial charge in [-0.1, -0.05) is 0 Å². The number of nitrogens with two attached hydrogens (primary N) is 1. The maximum Gasteiger partial charge on any atom is 0.244 e. The lowest BCUT2D eigenvalue weighted by molar-refractivity contribution is -0.130. The molecule has 0 rings (SSSR count). The number of rotatable bonds is 5. The summed E-state index contributed by atoms with van der Waals surface area (Å²) in [4.78, 5) is 22.1. The molecule has 0 aromatic rings. The highest BCUT2D eigenvalue weighted by Gasteiger charge is 2.21. The number of aliphatic hydroxyl groups is 2. The van der Waals surface area contributed by atoms with Crippen LogP contribution in [0.15, 0.2) is 0 Å². The highest BCUT2D eigenvalue weighted by atomic mass is 16.3. The van der Waals surface area contributed by atoms with Gasteiger partial charge in [0.25, 0.3) is 0 Å². The minimum absolute atomic E-state index is 0.516. The van der Waals surface area contributed by atoms with Gasteiger partial charge in [0.2, 0.25) is 11.8 Å². The molecule has 2 atom stereocenters. The number of likely N-dealkylation sites (N-methyl/N-ethyl adjacent to an activating group) is 1. The lowest BCUT2D eigenvalue weighted by Crippen LogP contribution is -2.53. The normalized spacial score (nSPS) is 14.3. The Morgan fingerprint density at radius 3 is 2.21 bits per heavy atom. The van der Waals surface area contributed by atoms with Gasteiger partial charge in [-0.05, 0) is 0 Å². The molecule has 7 nitrogen and oxygen atoms in total. The minimum atomic E-state index is -1.09. The first-order chi connectivity index (χ1) is 6.56. The molecular weight excluding hydrogens is 190 g/mol. The molecule has 0 fully saturated rings. The molecule has 0 heterocycles. The molecular formula is C7H15N3O4. The molecule has 0 spiro atoms. The van der Waals surface area contributed by atoms with Crippen molar-refractivity contribution in [2.24, 2.45) is 5.73 Å². The first kappa shape index (κ1) is 12.8. The number of amides is 2. The zero-order chi connectivity index (χ0) is 11.1. The Balaban J connectivity index is 4.18. The van der Waals surface area contributed by atoms with Crippen LogP contribution >= 0.6 is 0 Å². The van der Waals surface area contributed by atoms with Crippen molar-refractivity contribution in [1.29, 1.82) is 0 Å². The van der Waals surface area contributed by atoms with Crippen molar-refractivity contribution in [2.45, 2.75) is 12.1 Å². The molecule has 0 unspecified atom stereocenters. The lowest BCUT2D eigenvalue weighted by atomic mass is 10.2. The van der Waals surface area contributed by atoms with Crippen LogP contribution in [0.25, 0.3) is 0 Å². The van der Waals surface area contributed by atoms with E-state index in [1.54, 1.807) is 0 Å². The fourth-order valence-corrected chi connectivity index (χ4v) is 0.730. The fourth-order valence-electron chi connectivity index (χ4n) is 0.730. The molecule has 0 aliphatic heterocycles. The van der Waals surface area contributed by atoms with Gasteiger partial charge in [0.1, 0.15) is 12.1 Å². The van der Waals surface area contributed by atoms with Crippen molar-refractivity contribution < 1.29 is 19.8 Å². The average Bonchev–Trinajstić information content (AvgIpc) is 2.22. The third-order valence-electron chi connectivity index (χ3n) is 1.60. The van der Waals surface area contributed by atoms with Crippen LogP contribution in [0.4, 0.5) is 0 Å². The number of hydrogen-bond donors (Lipinski definition) is 5. The van der Waals surface area contributed by atoms with E-state index >= 15 is 0 Å². The second kappa shape index (κ2) is 6.30. The molecule has 0 saturated carbocycles. The topological polar surface area (TPSA) is 125 Å². The van der Waals surface area contributed by atoms with Crippen molar-refractivity contribution in [3.63, 3.8) is 0 Å². The lowest BCUT2D eigenvalue weighted by Gasteiger charge is -2.16. The largest absolute Gasteiger partial charge is 0.394 e. The second-order valence-corrected chi connectivity index (χ2v) is 2.65. The smallest absolute Gasteiger partial charge is 0.244 e. The van der Waals surface area contributed by atoms with E-state index in [1.165, 1.54) is 7.05 Å². The van der Waals surface area contributed by atoms with E-state index < -0.39 is 37.1 Å². The SMILES string of the molecule is CNC(=O)[C@H](CO)NC(=O)[C@@H](N)CO. The zero-order valence-corrected chi connectivity index (χ0v) is 7.86. The van der Waals surface area contributed by atoms with Crippen molar-refractivity contribution >= 4 is 11.8 Å². The van der Waals surface area contributed by atoms with Crippen molar-refractivity contribution in [1.82, 2.24) is 10.6 Å². The van der Waals surface area contributed by atoms with Crippen LogP contribution in [-0.2, 0) is 9.59 Å². The third-order valence-corrected chi connectivity index (χ3v) is 1.60. The van der Waals surface area contributed by atoms with E-state index in [-0.39, 0.29) is 0 Å². The Bertz CT molecular complexity index is 209. The minimum Gasteiger partial charge on any atom is -0.394 e. The van der Waals surface area contributed by atoms with Crippen LogP contribution in [0, 0.1) is 0 Å². The number of carbonyl (C=O) groups is 2. The molecule has 0 aromatic heterocycles. The monoisotopic (exact) mass is 205 g/mol. The van der Waals surface area contributed by atoms with Gasteiger partial charge in [-0.15, -0.1) is 0 Å². The summed E-state index contributed by atoms with van der Waals surface area (Å²) in [5.41, 5.74) is 5.19. The summed E-state index contributed by atoms with van der Waals surface area (Å²) in [6.45, 7) is -1.04. The van der Waals surface area contributed by atoms with Gasteiger partial charge in [-0.3, -0.25) is 9.59 Å². The Hall–Kier alpha value is -1.18. The van der Waals surface area contributed by atoms with Crippen LogP contribution in [0.5, 0.6) is 0 Å². The number of carbonyl (C=O) groups excluding carboxylic acids is 2. The van der Waals surface area contributed by atoms with E-state index in [4.69, 9.17) is 15.9 Å². The second-order valence-electron chi connectivity index (χ2n) is 2.65. The van der Waals surface area contributed by atoms with Crippen LogP contribution < -0.4 is 16.4 Å². The maximum atomic E-state index is 11.1. The van der Waals surface area contributed by atoms with Gasteiger partial charge in [0.05, 0.1) is 13.2 Å². The van der Waals surface area contributed by atoms with Gasteiger partial charge in [0.15, 0.2) is 0 Å². The standard InChI is InChI=1S/C7H15N3O4/c1-9-7(14)5(3-12)10-6(13)4(8)2-11/h4-5,11-12H,2-3,8H2,1H3,(H,9,14)(H,10,13)/t4-,5-/m0/s1. The molecule has 0 saturated heterocycles. The average molecular weight is 205 g/mol. The summed E-state index contributed by atoms with van der Waals surface area (Å²) in [6, 6.07) is -2.13. The molecule has 0 aromatic carbocycles. The van der Waals surface area contributed by atoms with E-state index in [9.17, 15) is 9.59 Å². The summed E-state index contributed by atoms with van der Waals surface area (Å²) in [7, 11) is 1.38. The van der Waals surface area contributed by atoms with E-state index in [2.05, 4.69) is 10.6 Å². The summed E-state index contributed by atoms with van der Waals surface area (Å²) in [5.74, 6) is -1.21. The Morgan fingerprint density at radius 1 is 1.29 bits per heavy atom.